The predicted octanol–water partition coefficient (Wildman–Crippen LogP) is 1.98. The molecule has 0 aliphatic heterocycles. The molecule has 0 radical (unpaired) electrons. The van der Waals surface area contributed by atoms with Crippen LogP contribution in [-0.2, 0) is 11.2 Å². The average Bonchev–Trinajstić information content (AvgIpc) is 3.05. The van der Waals surface area contributed by atoms with Crippen LogP contribution in [0.4, 0.5) is 10.1 Å². The fraction of sp³-hybridized carbons (Fsp3) is 0.0667. The summed E-state index contributed by atoms with van der Waals surface area (Å²) in [6.45, 7) is 0. The van der Waals surface area contributed by atoms with E-state index in [9.17, 15) is 9.18 Å². The molecule has 0 saturated heterocycles. The summed E-state index contributed by atoms with van der Waals surface area (Å²) in [6.07, 6.45) is 8.13. The van der Waals surface area contributed by atoms with Crippen molar-refractivity contribution in [1.82, 2.24) is 19.5 Å². The molecule has 2 heterocycles. The van der Waals surface area contributed by atoms with Gasteiger partial charge in [0.1, 0.15) is 12.1 Å². The number of aromatic nitrogens is 4. The number of benzene rings is 1. The number of imidazole rings is 1. The van der Waals surface area contributed by atoms with Crippen molar-refractivity contribution in [2.24, 2.45) is 0 Å². The molecular formula is C15H12FN5O. The van der Waals surface area contributed by atoms with E-state index in [1.165, 1.54) is 24.5 Å². The first-order chi connectivity index (χ1) is 10.7. The van der Waals surface area contributed by atoms with Gasteiger partial charge in [-0.15, -0.1) is 0 Å². The number of hydrogen-bond acceptors (Lipinski definition) is 4. The van der Waals surface area contributed by atoms with E-state index in [0.717, 1.165) is 5.56 Å². The lowest BCUT2D eigenvalue weighted by molar-refractivity contribution is -0.115. The zero-order valence-corrected chi connectivity index (χ0v) is 11.5. The number of carbonyl (C=O) groups excluding carboxylic acids is 1. The van der Waals surface area contributed by atoms with Gasteiger partial charge in [-0.3, -0.25) is 9.36 Å². The number of carbonyl (C=O) groups is 1. The van der Waals surface area contributed by atoms with E-state index >= 15 is 0 Å². The lowest BCUT2D eigenvalue weighted by Gasteiger charge is -2.06. The SMILES string of the molecule is O=C(Cc1ccc(F)cc1)Nc1cnc(-n2ccnc2)nc1. The second kappa shape index (κ2) is 6.13. The minimum atomic E-state index is -0.326. The molecule has 22 heavy (non-hydrogen) atoms. The van der Waals surface area contributed by atoms with E-state index in [0.29, 0.717) is 11.6 Å². The molecule has 0 spiro atoms. The summed E-state index contributed by atoms with van der Waals surface area (Å²) in [6, 6.07) is 5.80. The number of nitrogens with zero attached hydrogens (tertiary/aromatic N) is 4. The topological polar surface area (TPSA) is 72.7 Å². The van der Waals surface area contributed by atoms with Gasteiger partial charge in [0.15, 0.2) is 0 Å². The monoisotopic (exact) mass is 297 g/mol. The van der Waals surface area contributed by atoms with Crippen LogP contribution in [0.25, 0.3) is 5.95 Å². The van der Waals surface area contributed by atoms with Crippen LogP contribution in [0, 0.1) is 5.82 Å². The van der Waals surface area contributed by atoms with E-state index in [-0.39, 0.29) is 18.1 Å². The van der Waals surface area contributed by atoms with Crippen molar-refractivity contribution in [2.45, 2.75) is 6.42 Å². The van der Waals surface area contributed by atoms with Crippen molar-refractivity contribution in [2.75, 3.05) is 5.32 Å². The highest BCUT2D eigenvalue weighted by atomic mass is 19.1. The highest BCUT2D eigenvalue weighted by Crippen LogP contribution is 2.08. The van der Waals surface area contributed by atoms with E-state index in [2.05, 4.69) is 20.3 Å². The van der Waals surface area contributed by atoms with E-state index in [1.807, 2.05) is 0 Å². The first-order valence-electron chi connectivity index (χ1n) is 6.55. The summed E-state index contributed by atoms with van der Waals surface area (Å²) in [4.78, 5) is 24.1. The van der Waals surface area contributed by atoms with E-state index in [4.69, 9.17) is 0 Å². The van der Waals surface area contributed by atoms with Gasteiger partial charge in [0.05, 0.1) is 24.5 Å². The molecule has 6 nitrogen and oxygen atoms in total. The molecule has 0 aliphatic rings. The van der Waals surface area contributed by atoms with Crippen LogP contribution >= 0.6 is 0 Å². The maximum atomic E-state index is 12.8. The molecule has 3 rings (SSSR count). The smallest absolute Gasteiger partial charge is 0.234 e. The third-order valence-corrected chi connectivity index (χ3v) is 2.94. The van der Waals surface area contributed by atoms with E-state index in [1.54, 1.807) is 35.4 Å². The number of halogens is 1. The van der Waals surface area contributed by atoms with Crippen LogP contribution < -0.4 is 5.32 Å². The van der Waals surface area contributed by atoms with Gasteiger partial charge in [0.2, 0.25) is 11.9 Å². The third kappa shape index (κ3) is 3.32. The molecule has 0 saturated carbocycles. The molecule has 0 atom stereocenters. The molecule has 3 aromatic rings. The minimum Gasteiger partial charge on any atom is -0.323 e. The lowest BCUT2D eigenvalue weighted by Crippen LogP contribution is -2.15. The molecule has 0 bridgehead atoms. The van der Waals surface area contributed by atoms with Gasteiger partial charge in [0, 0.05) is 12.4 Å². The molecule has 1 amide bonds. The highest BCUT2D eigenvalue weighted by molar-refractivity contribution is 5.91. The van der Waals surface area contributed by atoms with Crippen LogP contribution in [0.5, 0.6) is 0 Å². The first-order valence-corrected chi connectivity index (χ1v) is 6.55. The number of rotatable bonds is 4. The quantitative estimate of drug-likeness (QED) is 0.799. The second-order valence-electron chi connectivity index (χ2n) is 4.59. The van der Waals surface area contributed by atoms with Crippen molar-refractivity contribution in [1.29, 1.82) is 0 Å². The Balaban J connectivity index is 1.63. The predicted molar refractivity (Wildman–Crippen MR) is 77.9 cm³/mol. The second-order valence-corrected chi connectivity index (χ2v) is 4.59. The maximum Gasteiger partial charge on any atom is 0.234 e. The Kier molecular flexibility index (Phi) is 3.86. The zero-order valence-electron chi connectivity index (χ0n) is 11.5. The van der Waals surface area contributed by atoms with Crippen LogP contribution in [0.15, 0.2) is 55.4 Å². The van der Waals surface area contributed by atoms with Crippen LogP contribution in [0.2, 0.25) is 0 Å². The molecule has 0 fully saturated rings. The zero-order chi connectivity index (χ0) is 15.4. The standard InChI is InChI=1S/C15H12FN5O/c16-12-3-1-11(2-4-12)7-14(22)20-13-8-18-15(19-9-13)21-6-5-17-10-21/h1-6,8-10H,7H2,(H,20,22). The van der Waals surface area contributed by atoms with Gasteiger partial charge < -0.3 is 5.32 Å². The number of nitrogens with one attached hydrogen (secondary N) is 1. The van der Waals surface area contributed by atoms with Gasteiger partial charge >= 0.3 is 0 Å². The number of amides is 1. The molecule has 1 aromatic carbocycles. The van der Waals surface area contributed by atoms with Gasteiger partial charge in [-0.05, 0) is 17.7 Å². The molecule has 0 unspecified atom stereocenters. The summed E-state index contributed by atoms with van der Waals surface area (Å²) in [5.41, 5.74) is 1.23. The Morgan fingerprint density at radius 3 is 2.55 bits per heavy atom. The van der Waals surface area contributed by atoms with Gasteiger partial charge in [-0.25, -0.2) is 19.3 Å². The first kappa shape index (κ1) is 13.9. The Bertz CT molecular complexity index is 754. The van der Waals surface area contributed by atoms with Crippen molar-refractivity contribution in [3.8, 4) is 5.95 Å². The van der Waals surface area contributed by atoms with E-state index < -0.39 is 0 Å². The fourth-order valence-electron chi connectivity index (χ4n) is 1.89. The summed E-state index contributed by atoms with van der Waals surface area (Å²) >= 11 is 0. The molecule has 7 heteroatoms. The summed E-state index contributed by atoms with van der Waals surface area (Å²) in [5.74, 6) is -0.0766. The summed E-state index contributed by atoms with van der Waals surface area (Å²) in [5, 5.41) is 2.69. The third-order valence-electron chi connectivity index (χ3n) is 2.94. The summed E-state index contributed by atoms with van der Waals surface area (Å²) in [7, 11) is 0. The molecule has 110 valence electrons. The minimum absolute atomic E-state index is 0.156. The number of hydrogen-bond donors (Lipinski definition) is 1. The molecule has 1 N–H and O–H groups in total. The average molecular weight is 297 g/mol. The van der Waals surface area contributed by atoms with Crippen molar-refractivity contribution < 1.29 is 9.18 Å². The Morgan fingerprint density at radius 2 is 1.91 bits per heavy atom. The molecular weight excluding hydrogens is 285 g/mol. The lowest BCUT2D eigenvalue weighted by atomic mass is 10.1. The highest BCUT2D eigenvalue weighted by Gasteiger charge is 2.06. The number of anilines is 1. The largest absolute Gasteiger partial charge is 0.323 e. The maximum absolute atomic E-state index is 12.8. The Hall–Kier alpha value is -3.09. The van der Waals surface area contributed by atoms with Gasteiger partial charge in [0.25, 0.3) is 0 Å². The Morgan fingerprint density at radius 1 is 1.18 bits per heavy atom. The van der Waals surface area contributed by atoms with Crippen molar-refractivity contribution in [3.05, 3.63) is 66.8 Å². The fourth-order valence-corrected chi connectivity index (χ4v) is 1.89. The van der Waals surface area contributed by atoms with Crippen molar-refractivity contribution >= 4 is 11.6 Å². The van der Waals surface area contributed by atoms with Crippen molar-refractivity contribution in [3.63, 3.8) is 0 Å². The van der Waals surface area contributed by atoms with Crippen LogP contribution in [0.3, 0.4) is 0 Å². The molecule has 2 aromatic heterocycles. The Labute approximate surface area is 125 Å². The van der Waals surface area contributed by atoms with Crippen LogP contribution in [0.1, 0.15) is 5.56 Å². The van der Waals surface area contributed by atoms with Gasteiger partial charge in [-0.1, -0.05) is 12.1 Å². The summed E-state index contributed by atoms with van der Waals surface area (Å²) < 4.78 is 14.5. The molecule has 0 aliphatic carbocycles. The van der Waals surface area contributed by atoms with Crippen LogP contribution in [-0.4, -0.2) is 25.4 Å². The normalized spacial score (nSPS) is 10.4. The van der Waals surface area contributed by atoms with Gasteiger partial charge in [-0.2, -0.15) is 0 Å².